The van der Waals surface area contributed by atoms with Gasteiger partial charge >= 0.3 is 0 Å². The van der Waals surface area contributed by atoms with Crippen LogP contribution in [-0.4, -0.2) is 52.8 Å². The van der Waals surface area contributed by atoms with E-state index in [1.165, 1.54) is 83.5 Å². The molecule has 0 bridgehead atoms. The maximum Gasteiger partial charge on any atom is 0.217 e. The van der Waals surface area contributed by atoms with Crippen molar-refractivity contribution in [3.63, 3.8) is 0 Å². The van der Waals surface area contributed by atoms with Gasteiger partial charge in [-0.3, -0.25) is 4.18 Å². The number of hydrogen-bond acceptors (Lipinski definition) is 6. The first-order valence-electron chi connectivity index (χ1n) is 12.9. The molecule has 0 aromatic rings. The molecule has 0 aromatic heterocycles. The van der Waals surface area contributed by atoms with Crippen LogP contribution in [0.25, 0.3) is 0 Å². The van der Waals surface area contributed by atoms with Crippen molar-refractivity contribution in [2.24, 2.45) is 0 Å². The van der Waals surface area contributed by atoms with Crippen LogP contribution in [0.4, 0.5) is 0 Å². The van der Waals surface area contributed by atoms with Crippen LogP contribution in [-0.2, 0) is 25.5 Å². The summed E-state index contributed by atoms with van der Waals surface area (Å²) in [7, 11) is -4.85. The third kappa shape index (κ3) is 22.0. The largest absolute Gasteiger partial charge is 0.726 e. The molecule has 0 aliphatic carbocycles. The Morgan fingerprint density at radius 1 is 0.750 bits per heavy atom. The van der Waals surface area contributed by atoms with Gasteiger partial charge in [0, 0.05) is 23.7 Å². The fourth-order valence-corrected chi connectivity index (χ4v) is 6.48. The molecule has 0 fully saturated rings. The van der Waals surface area contributed by atoms with Crippen LogP contribution in [0.5, 0.6) is 0 Å². The minimum atomic E-state index is -4.70. The third-order valence-electron chi connectivity index (χ3n) is 5.89. The van der Waals surface area contributed by atoms with E-state index in [9.17, 15) is 23.2 Å². The van der Waals surface area contributed by atoms with Gasteiger partial charge < -0.3 is 14.8 Å². The molecule has 0 aromatic carbocycles. The summed E-state index contributed by atoms with van der Waals surface area (Å²) in [5.74, 6) is 1.70. The summed E-state index contributed by atoms with van der Waals surface area (Å²) in [5, 5.41) is 20.3. The minimum absolute atomic E-state index is 0.111. The van der Waals surface area contributed by atoms with E-state index in [1.807, 2.05) is 6.92 Å². The molecule has 0 rings (SSSR count). The standard InChI is InChI=1S/C24H50O6S2/c1-3-5-6-7-8-9-10-11-12-13-14-15-16-17-21-31(24(26)4-2)22-19-23(25)18-20-30-32(27,28)29/h23-26H,3-22H2,1-2H3. The van der Waals surface area contributed by atoms with Crippen LogP contribution in [0.3, 0.4) is 0 Å². The second-order valence-corrected chi connectivity index (χ2v) is 12.4. The zero-order chi connectivity index (χ0) is 24.1. The molecule has 0 radical (unpaired) electrons. The maximum atomic E-state index is 10.4. The normalized spacial score (nSPS) is 15.0. The van der Waals surface area contributed by atoms with Gasteiger partial charge in [0.15, 0.2) is 0 Å². The van der Waals surface area contributed by atoms with E-state index >= 15 is 0 Å². The summed E-state index contributed by atoms with van der Waals surface area (Å²) >= 11 is 0. The number of rotatable bonds is 24. The van der Waals surface area contributed by atoms with Crippen LogP contribution >= 0.6 is 0 Å². The summed E-state index contributed by atoms with van der Waals surface area (Å²) in [4.78, 5) is 0. The van der Waals surface area contributed by atoms with E-state index in [-0.39, 0.29) is 29.4 Å². The first kappa shape index (κ1) is 32.1. The fourth-order valence-electron chi connectivity index (χ4n) is 3.81. The Morgan fingerprint density at radius 3 is 1.66 bits per heavy atom. The second kappa shape index (κ2) is 21.7. The third-order valence-corrected chi connectivity index (χ3v) is 9.02. The topological polar surface area (TPSA) is 107 Å². The highest BCUT2D eigenvalue weighted by molar-refractivity contribution is 7.97. The van der Waals surface area contributed by atoms with Gasteiger partial charge in [0.2, 0.25) is 15.8 Å². The summed E-state index contributed by atoms with van der Waals surface area (Å²) in [6, 6.07) is 0. The lowest BCUT2D eigenvalue weighted by Gasteiger charge is -2.16. The van der Waals surface area contributed by atoms with E-state index in [0.29, 0.717) is 12.8 Å². The molecule has 0 saturated heterocycles. The van der Waals surface area contributed by atoms with E-state index in [4.69, 9.17) is 0 Å². The lowest BCUT2D eigenvalue weighted by atomic mass is 10.0. The van der Waals surface area contributed by atoms with Crippen molar-refractivity contribution in [3.05, 3.63) is 0 Å². The molecular formula is C24H50O6S2. The van der Waals surface area contributed by atoms with Gasteiger partial charge in [-0.15, -0.1) is 0 Å². The Labute approximate surface area is 201 Å². The van der Waals surface area contributed by atoms with Gasteiger partial charge in [-0.2, -0.15) is 0 Å². The van der Waals surface area contributed by atoms with Crippen LogP contribution in [0.15, 0.2) is 0 Å². The molecule has 6 nitrogen and oxygen atoms in total. The molecule has 0 aliphatic heterocycles. The first-order valence-corrected chi connectivity index (χ1v) is 15.9. The average Bonchev–Trinajstić information content (AvgIpc) is 2.74. The highest BCUT2D eigenvalue weighted by Crippen LogP contribution is 2.17. The Morgan fingerprint density at radius 2 is 1.22 bits per heavy atom. The van der Waals surface area contributed by atoms with Crippen molar-refractivity contribution >= 4 is 21.3 Å². The van der Waals surface area contributed by atoms with E-state index in [0.717, 1.165) is 17.9 Å². The van der Waals surface area contributed by atoms with Crippen molar-refractivity contribution in [2.75, 3.05) is 18.1 Å². The molecule has 0 aliphatic rings. The molecule has 0 heterocycles. The monoisotopic (exact) mass is 498 g/mol. The summed E-state index contributed by atoms with van der Waals surface area (Å²) in [6.07, 6.45) is 19.2. The molecule has 8 heteroatoms. The average molecular weight is 499 g/mol. The Balaban J connectivity index is 3.73. The van der Waals surface area contributed by atoms with Gasteiger partial charge in [0.05, 0.1) is 12.7 Å². The van der Waals surface area contributed by atoms with Gasteiger partial charge in [0.25, 0.3) is 0 Å². The van der Waals surface area contributed by atoms with Crippen molar-refractivity contribution in [3.8, 4) is 0 Å². The van der Waals surface area contributed by atoms with Crippen LogP contribution in [0.1, 0.15) is 123 Å². The van der Waals surface area contributed by atoms with Gasteiger partial charge in [-0.1, -0.05) is 90.9 Å². The highest BCUT2D eigenvalue weighted by Gasteiger charge is 2.27. The number of hydrogen-bond donors (Lipinski definition) is 2. The van der Waals surface area contributed by atoms with E-state index in [1.54, 1.807) is 0 Å². The van der Waals surface area contributed by atoms with Crippen LogP contribution < -0.4 is 0 Å². The van der Waals surface area contributed by atoms with Crippen molar-refractivity contribution in [1.82, 2.24) is 0 Å². The summed E-state index contributed by atoms with van der Waals surface area (Å²) in [6.45, 7) is 3.94. The smallest absolute Gasteiger partial charge is 0.217 e. The lowest BCUT2D eigenvalue weighted by Crippen LogP contribution is -2.29. The SMILES string of the molecule is CCCCCCCCCCCCCCCC[S+](CCC(O)CCOS(=O)(=O)[O-])C(O)CC. The van der Waals surface area contributed by atoms with Crippen LogP contribution in [0, 0.1) is 0 Å². The Bertz CT molecular complexity index is 501. The Kier molecular flexibility index (Phi) is 21.8. The first-order chi connectivity index (χ1) is 15.3. The van der Waals surface area contributed by atoms with Crippen molar-refractivity contribution in [2.45, 2.75) is 135 Å². The summed E-state index contributed by atoms with van der Waals surface area (Å²) < 4.78 is 35.4. The Hall–Kier alpha value is 0.140. The molecular weight excluding hydrogens is 448 g/mol. The molecule has 2 N–H and O–H groups in total. The van der Waals surface area contributed by atoms with Crippen molar-refractivity contribution < 1.29 is 27.4 Å². The summed E-state index contributed by atoms with van der Waals surface area (Å²) in [5.41, 5.74) is -0.345. The quantitative estimate of drug-likeness (QED) is 0.0795. The minimum Gasteiger partial charge on any atom is -0.726 e. The predicted octanol–water partition coefficient (Wildman–Crippen LogP) is 5.43. The van der Waals surface area contributed by atoms with Gasteiger partial charge in [0.1, 0.15) is 11.5 Å². The van der Waals surface area contributed by atoms with Gasteiger partial charge in [-0.25, -0.2) is 8.42 Å². The van der Waals surface area contributed by atoms with E-state index < -0.39 is 16.5 Å². The van der Waals surface area contributed by atoms with Crippen LogP contribution in [0.2, 0.25) is 0 Å². The molecule has 0 saturated carbocycles. The molecule has 194 valence electrons. The van der Waals surface area contributed by atoms with E-state index in [2.05, 4.69) is 11.1 Å². The molecule has 3 atom stereocenters. The molecule has 32 heavy (non-hydrogen) atoms. The number of aliphatic hydroxyl groups excluding tert-OH is 2. The predicted molar refractivity (Wildman–Crippen MR) is 135 cm³/mol. The molecule has 3 unspecified atom stereocenters. The number of unbranched alkanes of at least 4 members (excludes halogenated alkanes) is 13. The number of aliphatic hydroxyl groups is 2. The van der Waals surface area contributed by atoms with Gasteiger partial charge in [-0.05, 0) is 19.3 Å². The zero-order valence-corrected chi connectivity index (χ0v) is 22.3. The maximum absolute atomic E-state index is 10.4. The van der Waals surface area contributed by atoms with Crippen molar-refractivity contribution in [1.29, 1.82) is 0 Å². The fraction of sp³-hybridized carbons (Fsp3) is 1.00. The highest BCUT2D eigenvalue weighted by atomic mass is 32.3. The molecule has 0 spiro atoms. The second-order valence-electron chi connectivity index (χ2n) is 8.87. The lowest BCUT2D eigenvalue weighted by molar-refractivity contribution is 0.133. The zero-order valence-electron chi connectivity index (χ0n) is 20.6. The molecule has 0 amide bonds.